The molecule has 5 aromatic carbocycles. The fourth-order valence-electron chi connectivity index (χ4n) is 10.5. The van der Waals surface area contributed by atoms with Crippen LogP contribution in [0.15, 0.2) is 205 Å². The molecule has 7 aromatic heterocycles. The van der Waals surface area contributed by atoms with Gasteiger partial charge in [-0.15, -0.1) is 0 Å². The SMILES string of the molecule is CCc1[c-]c(C(C)(C)c2ccccn2)ccc1.CCc1cccc(C(C)(C)c2nc3ccccc3n2-c2ccccc2)n1.CCc1cccc(C(C)(C)c2nc3ccccc3n2C)n1.CCc1cccc(C(C)(C)c2nc3ccccc3o2)n1.[Ir].[Ir].[Ir].[Ir]. The van der Waals surface area contributed by atoms with E-state index in [0.29, 0.717) is 5.89 Å². The first kappa shape index (κ1) is 72.5. The molecule has 0 atom stereocenters. The van der Waals surface area contributed by atoms with E-state index in [1.54, 1.807) is 0 Å². The number of oxazole rings is 1. The molecule has 0 saturated carbocycles. The molecule has 0 saturated heterocycles. The van der Waals surface area contributed by atoms with E-state index >= 15 is 0 Å². The van der Waals surface area contributed by atoms with Crippen LogP contribution < -0.4 is 0 Å². The Labute approximate surface area is 575 Å². The van der Waals surface area contributed by atoms with E-state index in [-0.39, 0.29) is 102 Å². The average Bonchev–Trinajstić information content (AvgIpc) is 2.72. The number of hydrogen-bond donors (Lipinski definition) is 0. The fraction of sp³-hybridized carbons (Fsp3) is 0.284. The van der Waals surface area contributed by atoms with Crippen molar-refractivity contribution in [3.63, 3.8) is 0 Å². The summed E-state index contributed by atoms with van der Waals surface area (Å²) in [6.45, 7) is 25.9. The Bertz CT molecular complexity index is 4100. The molecule has 4 radical (unpaired) electrons. The number of nitrogens with zero attached hydrogens (tertiary/aromatic N) is 9. The summed E-state index contributed by atoms with van der Waals surface area (Å²) in [5, 5.41) is 0. The third-order valence-corrected chi connectivity index (χ3v) is 16.0. The van der Waals surface area contributed by atoms with Gasteiger partial charge in [-0.05, 0) is 158 Å². The van der Waals surface area contributed by atoms with Gasteiger partial charge in [0.05, 0.1) is 55.4 Å². The third-order valence-electron chi connectivity index (χ3n) is 16.0. The van der Waals surface area contributed by atoms with Crippen LogP contribution in [0.25, 0.3) is 38.9 Å². The van der Waals surface area contributed by atoms with Gasteiger partial charge in [-0.3, -0.25) is 24.5 Å². The zero-order chi connectivity index (χ0) is 59.7. The normalized spacial score (nSPS) is 11.3. The van der Waals surface area contributed by atoms with Crippen LogP contribution in [0, 0.1) is 6.07 Å². The number of aromatic nitrogens is 9. The van der Waals surface area contributed by atoms with Gasteiger partial charge in [-0.1, -0.05) is 127 Å². The van der Waals surface area contributed by atoms with Gasteiger partial charge >= 0.3 is 0 Å². The summed E-state index contributed by atoms with van der Waals surface area (Å²) in [6.07, 6.45) is 5.68. The van der Waals surface area contributed by atoms with E-state index in [4.69, 9.17) is 29.3 Å². The second-order valence-corrected chi connectivity index (χ2v) is 23.3. The van der Waals surface area contributed by atoms with E-state index in [0.717, 1.165) is 116 Å². The molecule has 0 N–H and O–H groups in total. The van der Waals surface area contributed by atoms with Crippen molar-refractivity contribution in [2.24, 2.45) is 7.05 Å². The molecule has 0 unspecified atom stereocenters. The van der Waals surface area contributed by atoms with Crippen molar-refractivity contribution in [3.05, 3.63) is 275 Å². The molecule has 10 nitrogen and oxygen atoms in total. The first-order valence-electron chi connectivity index (χ1n) is 29.5. The molecule has 14 heteroatoms. The minimum atomic E-state index is -0.343. The zero-order valence-electron chi connectivity index (χ0n) is 52.6. The Kier molecular flexibility index (Phi) is 26.3. The minimum absolute atomic E-state index is 0. The maximum atomic E-state index is 5.91. The minimum Gasteiger partial charge on any atom is -0.440 e. The summed E-state index contributed by atoms with van der Waals surface area (Å²) < 4.78 is 10.3. The Balaban J connectivity index is 0.000000213. The summed E-state index contributed by atoms with van der Waals surface area (Å²) in [5.74, 6) is 2.76. The van der Waals surface area contributed by atoms with E-state index in [1.807, 2.05) is 79.0 Å². The van der Waals surface area contributed by atoms with Gasteiger partial charge in [0, 0.05) is 128 Å². The van der Waals surface area contributed by atoms with Crippen LogP contribution in [0.5, 0.6) is 0 Å². The van der Waals surface area contributed by atoms with Crippen LogP contribution in [-0.2, 0) is 135 Å². The molecule has 464 valence electrons. The van der Waals surface area contributed by atoms with Crippen LogP contribution >= 0.6 is 0 Å². The maximum absolute atomic E-state index is 5.91. The number of pyridine rings is 4. The Morgan fingerprint density at radius 3 is 1.36 bits per heavy atom. The molecular weight excluding hydrogens is 1800 g/mol. The second-order valence-electron chi connectivity index (χ2n) is 23.3. The summed E-state index contributed by atoms with van der Waals surface area (Å²) in [6, 6.07) is 69.4. The zero-order valence-corrected chi connectivity index (χ0v) is 62.2. The molecule has 88 heavy (non-hydrogen) atoms. The van der Waals surface area contributed by atoms with Crippen LogP contribution in [0.3, 0.4) is 0 Å². The van der Waals surface area contributed by atoms with Gasteiger partial charge < -0.3 is 8.98 Å². The second kappa shape index (κ2) is 31.9. The van der Waals surface area contributed by atoms with E-state index < -0.39 is 0 Å². The molecule has 12 aromatic rings. The fourth-order valence-corrected chi connectivity index (χ4v) is 10.5. The average molecular weight is 1880 g/mol. The number of benzene rings is 5. The molecular formula is C74H80Ir4N9O-. The van der Waals surface area contributed by atoms with Gasteiger partial charge in [0.15, 0.2) is 5.58 Å². The van der Waals surface area contributed by atoms with Crippen molar-refractivity contribution in [1.82, 2.24) is 44.0 Å². The standard InChI is InChI=1S/C23H23N3.C18H21N3.C17H18N2O.C16H18N.4Ir/c1-4-17-11-10-16-21(24-17)23(2,3)22-25-19-14-8-9-15-20(19)26(22)18-12-6-5-7-13-18;1-5-13-9-8-12-16(19-13)18(2,3)17-20-14-10-6-7-11-15(14)21(17)4;1-4-12-8-7-11-15(18-12)17(2,3)16-19-13-9-5-6-10-14(13)20-16;1-4-13-8-7-9-14(12-13)16(2,3)15-10-5-6-11-17-15;;;;/h5-16H,4H2,1-3H3;6-12H,5H2,1-4H3;5-11H,4H2,1-3H3;5-11H,4H2,1-3H3;;;;/q;;;-1;;;;. The number of para-hydroxylation sites is 7. The van der Waals surface area contributed by atoms with Gasteiger partial charge in [-0.25, -0.2) is 15.0 Å². The van der Waals surface area contributed by atoms with Crippen LogP contribution in [0.4, 0.5) is 0 Å². The molecule has 0 aliphatic carbocycles. The summed E-state index contributed by atoms with van der Waals surface area (Å²) >= 11 is 0. The van der Waals surface area contributed by atoms with Crippen LogP contribution in [0.2, 0.25) is 0 Å². The Morgan fingerprint density at radius 1 is 0.386 bits per heavy atom. The molecule has 0 aliphatic rings. The molecule has 0 spiro atoms. The third kappa shape index (κ3) is 16.2. The largest absolute Gasteiger partial charge is 0.440 e. The van der Waals surface area contributed by atoms with E-state index in [1.165, 1.54) is 11.1 Å². The molecule has 7 heterocycles. The summed E-state index contributed by atoms with van der Waals surface area (Å²) in [5.41, 5.74) is 16.2. The van der Waals surface area contributed by atoms with Crippen molar-refractivity contribution >= 4 is 33.2 Å². The monoisotopic (exact) mass is 1880 g/mol. The van der Waals surface area contributed by atoms with E-state index in [9.17, 15) is 0 Å². The number of aryl methyl sites for hydroxylation is 5. The van der Waals surface area contributed by atoms with Gasteiger partial charge in [0.1, 0.15) is 17.2 Å². The Hall–Kier alpha value is -6.29. The molecule has 0 amide bonds. The Morgan fingerprint density at radius 2 is 0.841 bits per heavy atom. The predicted octanol–water partition coefficient (Wildman–Crippen LogP) is 17.0. The van der Waals surface area contributed by atoms with Gasteiger partial charge in [-0.2, -0.15) is 35.4 Å². The van der Waals surface area contributed by atoms with Crippen molar-refractivity contribution in [3.8, 4) is 5.69 Å². The maximum Gasteiger partial charge on any atom is 0.207 e. The van der Waals surface area contributed by atoms with Crippen LogP contribution in [0.1, 0.15) is 152 Å². The quantitative estimate of drug-likeness (QED) is 0.105. The van der Waals surface area contributed by atoms with Crippen molar-refractivity contribution < 1.29 is 84.8 Å². The van der Waals surface area contributed by atoms with Crippen molar-refractivity contribution in [2.45, 2.75) is 130 Å². The smallest absolute Gasteiger partial charge is 0.207 e. The van der Waals surface area contributed by atoms with Crippen molar-refractivity contribution in [1.29, 1.82) is 0 Å². The number of hydrogen-bond acceptors (Lipinski definition) is 8. The first-order valence-corrected chi connectivity index (χ1v) is 29.5. The van der Waals surface area contributed by atoms with Gasteiger partial charge in [0.2, 0.25) is 5.89 Å². The molecule has 0 fully saturated rings. The molecule has 0 aliphatic heterocycles. The van der Waals surface area contributed by atoms with Crippen LogP contribution in [-0.4, -0.2) is 44.0 Å². The predicted molar refractivity (Wildman–Crippen MR) is 344 cm³/mol. The number of fused-ring (bicyclic) bond motifs is 3. The summed E-state index contributed by atoms with van der Waals surface area (Å²) in [7, 11) is 2.08. The summed E-state index contributed by atoms with van der Waals surface area (Å²) in [4.78, 5) is 33.3. The molecule has 0 bridgehead atoms. The topological polar surface area (TPSA) is 113 Å². The molecule has 12 rings (SSSR count). The van der Waals surface area contributed by atoms with Crippen molar-refractivity contribution in [2.75, 3.05) is 0 Å². The van der Waals surface area contributed by atoms with Gasteiger partial charge in [0.25, 0.3) is 0 Å². The van der Waals surface area contributed by atoms with E-state index in [2.05, 4.69) is 237 Å². The number of rotatable bonds is 13. The first-order chi connectivity index (χ1) is 40.4. The number of imidazole rings is 2.